The second-order valence-corrected chi connectivity index (χ2v) is 10.7. The van der Waals surface area contributed by atoms with Gasteiger partial charge in [-0.15, -0.1) is 0 Å². The lowest BCUT2D eigenvalue weighted by molar-refractivity contribution is 0.0549. The fourth-order valence-corrected chi connectivity index (χ4v) is 2.16. The summed E-state index contributed by atoms with van der Waals surface area (Å²) in [5, 5.41) is 0. The van der Waals surface area contributed by atoms with Crippen LogP contribution in [0.25, 0.3) is 0 Å². The Bertz CT molecular complexity index is 377. The van der Waals surface area contributed by atoms with Crippen molar-refractivity contribution in [2.45, 2.75) is 25.7 Å². The Labute approximate surface area is 104 Å². The van der Waals surface area contributed by atoms with Crippen molar-refractivity contribution >= 4 is 14.0 Å². The van der Waals surface area contributed by atoms with Gasteiger partial charge in [-0.1, -0.05) is 50.0 Å². The third-order valence-corrected chi connectivity index (χ3v) is 3.68. The number of benzene rings is 1. The number of rotatable bonds is 5. The topological polar surface area (TPSA) is 26.3 Å². The van der Waals surface area contributed by atoms with Gasteiger partial charge >= 0.3 is 5.97 Å². The summed E-state index contributed by atoms with van der Waals surface area (Å²) in [6.07, 6.45) is 4.05. The van der Waals surface area contributed by atoms with Gasteiger partial charge in [0.2, 0.25) is 0 Å². The summed E-state index contributed by atoms with van der Waals surface area (Å²) in [6, 6.07) is 10.2. The van der Waals surface area contributed by atoms with Crippen LogP contribution in [0.1, 0.15) is 10.4 Å². The van der Waals surface area contributed by atoms with Gasteiger partial charge in [0.1, 0.15) is 6.61 Å². The van der Waals surface area contributed by atoms with Gasteiger partial charge in [0.15, 0.2) is 0 Å². The first kappa shape index (κ1) is 13.7. The van der Waals surface area contributed by atoms with Crippen molar-refractivity contribution in [1.29, 1.82) is 0 Å². The van der Waals surface area contributed by atoms with Crippen molar-refractivity contribution in [3.8, 4) is 0 Å². The van der Waals surface area contributed by atoms with E-state index in [1.165, 1.54) is 0 Å². The summed E-state index contributed by atoms with van der Waals surface area (Å²) in [7, 11) is -1.03. The van der Waals surface area contributed by atoms with Crippen LogP contribution >= 0.6 is 0 Å². The molecule has 0 N–H and O–H groups in total. The molecule has 0 saturated carbocycles. The van der Waals surface area contributed by atoms with E-state index in [4.69, 9.17) is 4.74 Å². The summed E-state index contributed by atoms with van der Waals surface area (Å²) in [5.74, 6) is -0.261. The van der Waals surface area contributed by atoms with E-state index in [9.17, 15) is 4.79 Å². The molecule has 0 aromatic heterocycles. The maximum Gasteiger partial charge on any atom is 0.338 e. The first-order valence-electron chi connectivity index (χ1n) is 5.86. The van der Waals surface area contributed by atoms with Crippen LogP contribution in [-0.4, -0.2) is 20.7 Å². The molecule has 3 heteroatoms. The first-order valence-corrected chi connectivity index (χ1v) is 9.57. The number of hydrogen-bond acceptors (Lipinski definition) is 2. The molecule has 17 heavy (non-hydrogen) atoms. The Morgan fingerprint density at radius 2 is 1.82 bits per heavy atom. The molecule has 0 saturated heterocycles. The van der Waals surface area contributed by atoms with E-state index in [0.29, 0.717) is 12.2 Å². The number of carbonyl (C=O) groups is 1. The van der Waals surface area contributed by atoms with Crippen LogP contribution in [0.3, 0.4) is 0 Å². The number of hydrogen-bond donors (Lipinski definition) is 0. The van der Waals surface area contributed by atoms with Crippen LogP contribution in [0.5, 0.6) is 0 Å². The zero-order chi connectivity index (χ0) is 12.7. The van der Waals surface area contributed by atoms with Crippen molar-refractivity contribution in [1.82, 2.24) is 0 Å². The predicted molar refractivity (Wildman–Crippen MR) is 74.0 cm³/mol. The molecule has 1 rings (SSSR count). The minimum atomic E-state index is -1.03. The third kappa shape index (κ3) is 6.07. The smallest absolute Gasteiger partial charge is 0.338 e. The zero-order valence-corrected chi connectivity index (χ0v) is 11.8. The highest BCUT2D eigenvalue weighted by atomic mass is 28.3. The quantitative estimate of drug-likeness (QED) is 0.451. The molecule has 2 nitrogen and oxygen atoms in total. The Balaban J connectivity index is 2.30. The molecule has 0 bridgehead atoms. The van der Waals surface area contributed by atoms with Gasteiger partial charge in [-0.05, 0) is 18.2 Å². The van der Waals surface area contributed by atoms with Gasteiger partial charge in [-0.3, -0.25) is 0 Å². The molecular weight excluding hydrogens is 228 g/mol. The van der Waals surface area contributed by atoms with E-state index in [-0.39, 0.29) is 5.97 Å². The van der Waals surface area contributed by atoms with Crippen LogP contribution in [0.4, 0.5) is 0 Å². The van der Waals surface area contributed by atoms with E-state index in [2.05, 4.69) is 25.7 Å². The second kappa shape index (κ2) is 6.40. The van der Waals surface area contributed by atoms with Gasteiger partial charge in [0.25, 0.3) is 0 Å². The molecule has 0 aliphatic carbocycles. The molecule has 0 atom stereocenters. The third-order valence-electron chi connectivity index (χ3n) is 2.22. The lowest BCUT2D eigenvalue weighted by Crippen LogP contribution is -2.17. The fraction of sp³-hybridized carbons (Fsp3) is 0.357. The molecule has 1 aromatic carbocycles. The van der Waals surface area contributed by atoms with Gasteiger partial charge in [0.05, 0.1) is 5.56 Å². The molecule has 0 spiro atoms. The summed E-state index contributed by atoms with van der Waals surface area (Å²) >= 11 is 0. The summed E-state index contributed by atoms with van der Waals surface area (Å²) in [4.78, 5) is 11.6. The Hall–Kier alpha value is -1.35. The average molecular weight is 248 g/mol. The predicted octanol–water partition coefficient (Wildman–Crippen LogP) is 3.74. The lowest BCUT2D eigenvalue weighted by atomic mass is 10.2. The summed E-state index contributed by atoms with van der Waals surface area (Å²) in [5.41, 5.74) is 0.603. The highest BCUT2D eigenvalue weighted by molar-refractivity contribution is 6.76. The first-order chi connectivity index (χ1) is 7.99. The van der Waals surface area contributed by atoms with Crippen LogP contribution in [-0.2, 0) is 4.74 Å². The van der Waals surface area contributed by atoms with Crippen LogP contribution < -0.4 is 0 Å². The average Bonchev–Trinajstić information content (AvgIpc) is 2.28. The monoisotopic (exact) mass is 248 g/mol. The van der Waals surface area contributed by atoms with Crippen molar-refractivity contribution in [3.63, 3.8) is 0 Å². The van der Waals surface area contributed by atoms with Crippen molar-refractivity contribution < 1.29 is 9.53 Å². The summed E-state index contributed by atoms with van der Waals surface area (Å²) in [6.45, 7) is 7.30. The molecule has 0 fully saturated rings. The Morgan fingerprint density at radius 3 is 2.41 bits per heavy atom. The van der Waals surface area contributed by atoms with E-state index < -0.39 is 8.07 Å². The zero-order valence-electron chi connectivity index (χ0n) is 10.8. The standard InChI is InChI=1S/C14H20O2Si/c1-17(2,3)12-8-7-11-16-14(15)13-9-5-4-6-10-13/h4-10H,11-12H2,1-3H3/b8-7+. The molecule has 92 valence electrons. The molecule has 0 radical (unpaired) electrons. The van der Waals surface area contributed by atoms with Crippen molar-refractivity contribution in [2.24, 2.45) is 0 Å². The second-order valence-electron chi connectivity index (χ2n) is 5.20. The van der Waals surface area contributed by atoms with Gasteiger partial charge < -0.3 is 4.74 Å². The fourth-order valence-electron chi connectivity index (χ4n) is 1.29. The maximum atomic E-state index is 11.6. The molecule has 0 aliphatic rings. The molecule has 0 heterocycles. The van der Waals surface area contributed by atoms with Gasteiger partial charge in [-0.25, -0.2) is 4.79 Å². The number of ether oxygens (including phenoxy) is 1. The SMILES string of the molecule is C[Si](C)(C)C/C=C/COC(=O)c1ccccc1. The molecule has 0 unspecified atom stereocenters. The molecule has 1 aromatic rings. The number of carbonyl (C=O) groups excluding carboxylic acids is 1. The normalized spacial score (nSPS) is 11.7. The van der Waals surface area contributed by atoms with Crippen LogP contribution in [0, 0.1) is 0 Å². The minimum Gasteiger partial charge on any atom is -0.458 e. The largest absolute Gasteiger partial charge is 0.458 e. The maximum absolute atomic E-state index is 11.6. The van der Waals surface area contributed by atoms with Gasteiger partial charge in [0, 0.05) is 8.07 Å². The van der Waals surface area contributed by atoms with E-state index in [1.54, 1.807) is 12.1 Å². The molecule has 0 aliphatic heterocycles. The lowest BCUT2D eigenvalue weighted by Gasteiger charge is -2.11. The van der Waals surface area contributed by atoms with E-state index in [0.717, 1.165) is 6.04 Å². The van der Waals surface area contributed by atoms with Crippen LogP contribution in [0.15, 0.2) is 42.5 Å². The summed E-state index contributed by atoms with van der Waals surface area (Å²) < 4.78 is 5.13. The minimum absolute atomic E-state index is 0.261. The van der Waals surface area contributed by atoms with Crippen molar-refractivity contribution in [2.75, 3.05) is 6.61 Å². The highest BCUT2D eigenvalue weighted by Gasteiger charge is 2.09. The Kier molecular flexibility index (Phi) is 5.16. The van der Waals surface area contributed by atoms with E-state index >= 15 is 0 Å². The van der Waals surface area contributed by atoms with Gasteiger partial charge in [-0.2, -0.15) is 0 Å². The number of esters is 1. The highest BCUT2D eigenvalue weighted by Crippen LogP contribution is 2.08. The number of allylic oxidation sites excluding steroid dienone is 1. The van der Waals surface area contributed by atoms with Crippen molar-refractivity contribution in [3.05, 3.63) is 48.0 Å². The van der Waals surface area contributed by atoms with Crippen LogP contribution in [0.2, 0.25) is 25.7 Å². The molecular formula is C14H20O2Si. The van der Waals surface area contributed by atoms with E-state index in [1.807, 2.05) is 24.3 Å². The molecule has 0 amide bonds. The Morgan fingerprint density at radius 1 is 1.18 bits per heavy atom.